The summed E-state index contributed by atoms with van der Waals surface area (Å²) in [5.41, 5.74) is -4.44. The molecule has 1 unspecified atom stereocenters. The Labute approximate surface area is 102 Å². The van der Waals surface area contributed by atoms with Crippen molar-refractivity contribution in [2.24, 2.45) is 0 Å². The summed E-state index contributed by atoms with van der Waals surface area (Å²) in [7, 11) is -2.60. The fraction of sp³-hybridized carbons (Fsp3) is 0.875. The molecule has 0 bridgehead atoms. The molecular formula is C8H13F3O4S2. The second kappa shape index (κ2) is 6.48. The number of methoxy groups -OCH3 is 1. The monoisotopic (exact) mass is 294 g/mol. The summed E-state index contributed by atoms with van der Waals surface area (Å²) < 4.78 is 62.6. The van der Waals surface area contributed by atoms with Gasteiger partial charge in [-0.15, -0.1) is 0 Å². The van der Waals surface area contributed by atoms with E-state index < -0.39 is 49.8 Å². The lowest BCUT2D eigenvalue weighted by molar-refractivity contribution is -0.140. The largest absolute Gasteiger partial charge is 0.469 e. The average Bonchev–Trinajstić information content (AvgIpc) is 2.14. The van der Waals surface area contributed by atoms with E-state index in [9.17, 15) is 26.4 Å². The van der Waals surface area contributed by atoms with Crippen molar-refractivity contribution in [2.45, 2.75) is 24.1 Å². The van der Waals surface area contributed by atoms with Crippen LogP contribution in [0.3, 0.4) is 0 Å². The van der Waals surface area contributed by atoms with E-state index in [1.165, 1.54) is 6.92 Å². The molecule has 102 valence electrons. The molecule has 0 radical (unpaired) electrons. The van der Waals surface area contributed by atoms with Gasteiger partial charge in [-0.3, -0.25) is 4.79 Å². The number of carbonyl (C=O) groups excluding carboxylic acids is 1. The third kappa shape index (κ3) is 7.48. The molecule has 0 aliphatic carbocycles. The van der Waals surface area contributed by atoms with Gasteiger partial charge in [0, 0.05) is 5.75 Å². The van der Waals surface area contributed by atoms with Crippen LogP contribution in [-0.4, -0.2) is 43.8 Å². The van der Waals surface area contributed by atoms with Gasteiger partial charge < -0.3 is 4.74 Å². The third-order valence-corrected chi connectivity index (χ3v) is 5.09. The summed E-state index contributed by atoms with van der Waals surface area (Å²) in [5.74, 6) is -1.89. The molecule has 0 aromatic heterocycles. The van der Waals surface area contributed by atoms with Gasteiger partial charge in [0.25, 0.3) is 0 Å². The van der Waals surface area contributed by atoms with Crippen LogP contribution in [0, 0.1) is 0 Å². The van der Waals surface area contributed by atoms with E-state index in [1.54, 1.807) is 0 Å². The van der Waals surface area contributed by atoms with Gasteiger partial charge in [0.15, 0.2) is 9.84 Å². The van der Waals surface area contributed by atoms with Crippen LogP contribution in [0.25, 0.3) is 0 Å². The molecule has 17 heavy (non-hydrogen) atoms. The highest BCUT2D eigenvalue weighted by molar-refractivity contribution is 8.01. The maximum Gasteiger partial charge on any atom is 0.441 e. The van der Waals surface area contributed by atoms with Crippen LogP contribution in [0.4, 0.5) is 13.2 Å². The van der Waals surface area contributed by atoms with Crippen molar-refractivity contribution in [3.8, 4) is 0 Å². The third-order valence-electron chi connectivity index (χ3n) is 1.93. The molecule has 4 nitrogen and oxygen atoms in total. The first-order valence-corrected chi connectivity index (χ1v) is 7.27. The van der Waals surface area contributed by atoms with Crippen LogP contribution in [0.15, 0.2) is 0 Å². The lowest BCUT2D eigenvalue weighted by Gasteiger charge is -2.12. The van der Waals surface area contributed by atoms with Gasteiger partial charge in [0.2, 0.25) is 0 Å². The van der Waals surface area contributed by atoms with Gasteiger partial charge in [0.05, 0.1) is 24.5 Å². The van der Waals surface area contributed by atoms with Gasteiger partial charge in [-0.05, 0) is 18.7 Å². The number of carbonyl (C=O) groups is 1. The zero-order chi connectivity index (χ0) is 13.7. The van der Waals surface area contributed by atoms with E-state index in [-0.39, 0.29) is 6.42 Å². The molecule has 0 rings (SSSR count). The van der Waals surface area contributed by atoms with Crippen LogP contribution in [0.5, 0.6) is 0 Å². The van der Waals surface area contributed by atoms with Crippen molar-refractivity contribution >= 4 is 27.6 Å². The second-order valence-electron chi connectivity index (χ2n) is 3.25. The number of halogens is 3. The van der Waals surface area contributed by atoms with E-state index >= 15 is 0 Å². The number of thioether (sulfide) groups is 1. The number of sulfone groups is 1. The zero-order valence-corrected chi connectivity index (χ0v) is 10.9. The van der Waals surface area contributed by atoms with Crippen molar-refractivity contribution in [2.75, 3.05) is 18.6 Å². The number of hydrogen-bond acceptors (Lipinski definition) is 5. The minimum Gasteiger partial charge on any atom is -0.469 e. The molecule has 0 fully saturated rings. The predicted octanol–water partition coefficient (Wildman–Crippen LogP) is 1.61. The summed E-state index contributed by atoms with van der Waals surface area (Å²) in [6, 6.07) is 0. The van der Waals surface area contributed by atoms with E-state index in [1.807, 2.05) is 0 Å². The molecule has 0 aliphatic heterocycles. The van der Waals surface area contributed by atoms with Crippen LogP contribution < -0.4 is 0 Å². The summed E-state index contributed by atoms with van der Waals surface area (Å²) in [4.78, 5) is 10.8. The normalized spacial score (nSPS) is 14.4. The Hall–Kier alpha value is -0.440. The number of alkyl halides is 3. The van der Waals surface area contributed by atoms with Gasteiger partial charge in [-0.25, -0.2) is 8.42 Å². The van der Waals surface area contributed by atoms with Crippen LogP contribution in [-0.2, 0) is 19.4 Å². The molecular weight excluding hydrogens is 281 g/mol. The summed E-state index contributed by atoms with van der Waals surface area (Å²) in [6.45, 7) is 1.27. The van der Waals surface area contributed by atoms with E-state index in [2.05, 4.69) is 4.74 Å². The molecule has 0 saturated carbocycles. The molecule has 1 atom stereocenters. The van der Waals surface area contributed by atoms with E-state index in [0.717, 1.165) is 7.11 Å². The van der Waals surface area contributed by atoms with Crippen LogP contribution in [0.2, 0.25) is 0 Å². The van der Waals surface area contributed by atoms with Gasteiger partial charge >= 0.3 is 11.5 Å². The lowest BCUT2D eigenvalue weighted by atomic mass is 10.3. The van der Waals surface area contributed by atoms with E-state index in [0.29, 0.717) is 0 Å². The number of rotatable bonds is 6. The molecule has 0 spiro atoms. The first kappa shape index (κ1) is 16.6. The fourth-order valence-corrected chi connectivity index (χ4v) is 3.21. The topological polar surface area (TPSA) is 60.4 Å². The SMILES string of the molecule is COC(=O)CC(C)S(=O)(=O)CCSC(F)(F)F. The molecule has 0 heterocycles. The predicted molar refractivity (Wildman–Crippen MR) is 58.4 cm³/mol. The molecule has 9 heteroatoms. The van der Waals surface area contributed by atoms with Crippen molar-refractivity contribution in [3.05, 3.63) is 0 Å². The van der Waals surface area contributed by atoms with Gasteiger partial charge in [-0.2, -0.15) is 13.2 Å². The highest BCUT2D eigenvalue weighted by Gasteiger charge is 2.30. The minimum atomic E-state index is -4.44. The van der Waals surface area contributed by atoms with E-state index in [4.69, 9.17) is 0 Å². The Morgan fingerprint density at radius 1 is 1.41 bits per heavy atom. The Morgan fingerprint density at radius 2 is 1.94 bits per heavy atom. The highest BCUT2D eigenvalue weighted by Crippen LogP contribution is 2.30. The Morgan fingerprint density at radius 3 is 2.35 bits per heavy atom. The summed E-state index contributed by atoms with van der Waals surface area (Å²) in [6.07, 6.45) is -0.352. The fourth-order valence-electron chi connectivity index (χ4n) is 0.920. The molecule has 0 amide bonds. The number of ether oxygens (including phenoxy) is 1. The first-order valence-electron chi connectivity index (χ1n) is 4.57. The molecule has 0 saturated heterocycles. The molecule has 0 N–H and O–H groups in total. The Balaban J connectivity index is 4.24. The zero-order valence-electron chi connectivity index (χ0n) is 9.28. The summed E-state index contributed by atoms with van der Waals surface area (Å²) >= 11 is -0.393. The highest BCUT2D eigenvalue weighted by atomic mass is 32.2. The Kier molecular flexibility index (Phi) is 6.31. The average molecular weight is 294 g/mol. The number of hydrogen-bond donors (Lipinski definition) is 0. The smallest absolute Gasteiger partial charge is 0.441 e. The van der Waals surface area contributed by atoms with Crippen LogP contribution in [0.1, 0.15) is 13.3 Å². The van der Waals surface area contributed by atoms with Crippen LogP contribution >= 0.6 is 11.8 Å². The maximum absolute atomic E-state index is 11.8. The van der Waals surface area contributed by atoms with Gasteiger partial charge in [-0.1, -0.05) is 0 Å². The van der Waals surface area contributed by atoms with Crippen molar-refractivity contribution in [3.63, 3.8) is 0 Å². The molecule has 0 aliphatic rings. The minimum absolute atomic E-state index is 0.352. The second-order valence-corrected chi connectivity index (χ2v) is 6.95. The van der Waals surface area contributed by atoms with Crippen molar-refractivity contribution < 1.29 is 31.1 Å². The Bertz CT molecular complexity index is 350. The number of esters is 1. The van der Waals surface area contributed by atoms with Crippen molar-refractivity contribution in [1.29, 1.82) is 0 Å². The quantitative estimate of drug-likeness (QED) is 0.696. The molecule has 0 aromatic carbocycles. The standard InChI is InChI=1S/C8H13F3O4S2/c1-6(5-7(12)15-2)17(13,14)4-3-16-8(9,10)11/h6H,3-5H2,1-2H3. The van der Waals surface area contributed by atoms with Crippen molar-refractivity contribution in [1.82, 2.24) is 0 Å². The first-order chi connectivity index (χ1) is 7.58. The molecule has 0 aromatic rings. The lowest BCUT2D eigenvalue weighted by Crippen LogP contribution is -2.26. The van der Waals surface area contributed by atoms with Gasteiger partial charge in [0.1, 0.15) is 0 Å². The summed E-state index contributed by atoms with van der Waals surface area (Å²) in [5, 5.41) is -1.04. The maximum atomic E-state index is 11.8.